The molecule has 1 nitrogen and oxygen atoms in total. The van der Waals surface area contributed by atoms with E-state index in [4.69, 9.17) is 4.74 Å². The molecule has 19 heavy (non-hydrogen) atoms. The summed E-state index contributed by atoms with van der Waals surface area (Å²) in [6.45, 7) is 2.84. The number of para-hydroxylation sites is 1. The Kier molecular flexibility index (Phi) is 4.96. The number of unbranched alkanes of at least 4 members (excludes halogenated alkanes) is 2. The fourth-order valence-electron chi connectivity index (χ4n) is 2.03. The van der Waals surface area contributed by atoms with Crippen molar-refractivity contribution in [3.63, 3.8) is 0 Å². The molecule has 2 rings (SSSR count). The molecule has 0 spiro atoms. The quantitative estimate of drug-likeness (QED) is 0.658. The molecule has 0 bridgehead atoms. The summed E-state index contributed by atoms with van der Waals surface area (Å²) in [6.07, 6.45) is 3.35. The third-order valence-corrected chi connectivity index (χ3v) is 3.06. The Morgan fingerprint density at radius 1 is 0.895 bits per heavy atom. The lowest BCUT2D eigenvalue weighted by molar-refractivity contribution is 0.307. The van der Waals surface area contributed by atoms with Gasteiger partial charge in [-0.1, -0.05) is 56.2 Å². The zero-order valence-electron chi connectivity index (χ0n) is 11.2. The van der Waals surface area contributed by atoms with Crippen molar-refractivity contribution < 1.29 is 9.13 Å². The van der Waals surface area contributed by atoms with Crippen LogP contribution in [-0.4, -0.2) is 6.61 Å². The van der Waals surface area contributed by atoms with E-state index in [0.717, 1.165) is 24.2 Å². The Labute approximate surface area is 114 Å². The minimum absolute atomic E-state index is 0.216. The van der Waals surface area contributed by atoms with Crippen molar-refractivity contribution in [2.24, 2.45) is 0 Å². The number of ether oxygens (including phenoxy) is 1. The average molecular weight is 258 g/mol. The van der Waals surface area contributed by atoms with Crippen molar-refractivity contribution in [1.29, 1.82) is 0 Å². The van der Waals surface area contributed by atoms with Crippen LogP contribution in [0.25, 0.3) is 11.1 Å². The highest BCUT2D eigenvalue weighted by Crippen LogP contribution is 2.31. The molecule has 0 heterocycles. The van der Waals surface area contributed by atoms with Crippen molar-refractivity contribution >= 4 is 0 Å². The van der Waals surface area contributed by atoms with Gasteiger partial charge in [0.1, 0.15) is 11.6 Å². The lowest BCUT2D eigenvalue weighted by Crippen LogP contribution is -1.99. The van der Waals surface area contributed by atoms with Crippen LogP contribution < -0.4 is 4.74 Å². The Balaban J connectivity index is 2.19. The third kappa shape index (κ3) is 3.57. The van der Waals surface area contributed by atoms with Crippen LogP contribution >= 0.6 is 0 Å². The van der Waals surface area contributed by atoms with E-state index in [1.54, 1.807) is 12.1 Å². The van der Waals surface area contributed by atoms with Gasteiger partial charge in [-0.3, -0.25) is 0 Å². The highest BCUT2D eigenvalue weighted by molar-refractivity contribution is 5.70. The van der Waals surface area contributed by atoms with Gasteiger partial charge in [-0.15, -0.1) is 0 Å². The first kappa shape index (κ1) is 13.6. The van der Waals surface area contributed by atoms with E-state index in [2.05, 4.69) is 6.92 Å². The first-order valence-corrected chi connectivity index (χ1v) is 6.79. The van der Waals surface area contributed by atoms with E-state index in [9.17, 15) is 4.39 Å². The van der Waals surface area contributed by atoms with E-state index in [0.29, 0.717) is 12.2 Å². The zero-order chi connectivity index (χ0) is 13.5. The van der Waals surface area contributed by atoms with Crippen molar-refractivity contribution in [1.82, 2.24) is 0 Å². The molecule has 0 atom stereocenters. The van der Waals surface area contributed by atoms with E-state index >= 15 is 0 Å². The van der Waals surface area contributed by atoms with E-state index in [1.807, 2.05) is 30.3 Å². The molecule has 0 radical (unpaired) electrons. The third-order valence-electron chi connectivity index (χ3n) is 3.06. The highest BCUT2D eigenvalue weighted by atomic mass is 19.1. The van der Waals surface area contributed by atoms with Crippen LogP contribution in [0.2, 0.25) is 0 Å². The van der Waals surface area contributed by atoms with Gasteiger partial charge in [0, 0.05) is 11.1 Å². The molecule has 2 aromatic rings. The summed E-state index contributed by atoms with van der Waals surface area (Å²) in [4.78, 5) is 0. The molecule has 2 heteroatoms. The van der Waals surface area contributed by atoms with Crippen molar-refractivity contribution in [2.75, 3.05) is 6.61 Å². The summed E-state index contributed by atoms with van der Waals surface area (Å²) in [5.41, 5.74) is 1.41. The number of hydrogen-bond donors (Lipinski definition) is 0. The van der Waals surface area contributed by atoms with Crippen LogP contribution in [0.1, 0.15) is 26.2 Å². The maximum absolute atomic E-state index is 13.8. The lowest BCUT2D eigenvalue weighted by Gasteiger charge is -2.12. The molecule has 0 saturated heterocycles. The van der Waals surface area contributed by atoms with Gasteiger partial charge in [0.2, 0.25) is 0 Å². The molecule has 0 fully saturated rings. The van der Waals surface area contributed by atoms with Crippen molar-refractivity contribution in [2.45, 2.75) is 26.2 Å². The van der Waals surface area contributed by atoms with Gasteiger partial charge in [0.05, 0.1) is 6.61 Å². The van der Waals surface area contributed by atoms with Crippen LogP contribution in [0.3, 0.4) is 0 Å². The van der Waals surface area contributed by atoms with E-state index in [-0.39, 0.29) is 5.82 Å². The van der Waals surface area contributed by atoms with Crippen molar-refractivity contribution in [3.8, 4) is 16.9 Å². The van der Waals surface area contributed by atoms with Crippen LogP contribution in [0.4, 0.5) is 4.39 Å². The monoisotopic (exact) mass is 258 g/mol. The predicted molar refractivity (Wildman–Crippen MR) is 76.9 cm³/mol. The van der Waals surface area contributed by atoms with Gasteiger partial charge in [0.15, 0.2) is 0 Å². The van der Waals surface area contributed by atoms with Gasteiger partial charge in [-0.25, -0.2) is 4.39 Å². The van der Waals surface area contributed by atoms with Gasteiger partial charge >= 0.3 is 0 Å². The molecule has 0 aliphatic carbocycles. The molecular formula is C17H19FO. The second kappa shape index (κ2) is 6.93. The molecule has 0 amide bonds. The summed E-state index contributed by atoms with van der Waals surface area (Å²) < 4.78 is 19.6. The van der Waals surface area contributed by atoms with Gasteiger partial charge in [0.25, 0.3) is 0 Å². The number of hydrogen-bond acceptors (Lipinski definition) is 1. The zero-order valence-corrected chi connectivity index (χ0v) is 11.2. The van der Waals surface area contributed by atoms with Crippen molar-refractivity contribution in [3.05, 3.63) is 54.3 Å². The molecule has 0 aliphatic heterocycles. The largest absolute Gasteiger partial charge is 0.493 e. The molecule has 0 N–H and O–H groups in total. The minimum Gasteiger partial charge on any atom is -0.493 e. The molecule has 2 aromatic carbocycles. The molecular weight excluding hydrogens is 239 g/mol. The smallest absolute Gasteiger partial charge is 0.131 e. The van der Waals surface area contributed by atoms with Gasteiger partial charge in [-0.05, 0) is 18.6 Å². The highest BCUT2D eigenvalue weighted by Gasteiger charge is 2.09. The normalized spacial score (nSPS) is 10.4. The average Bonchev–Trinajstić information content (AvgIpc) is 2.45. The Bertz CT molecular complexity index is 522. The summed E-state index contributed by atoms with van der Waals surface area (Å²) in [5.74, 6) is 0.538. The second-order valence-corrected chi connectivity index (χ2v) is 4.53. The first-order chi connectivity index (χ1) is 9.33. The number of rotatable bonds is 6. The van der Waals surface area contributed by atoms with E-state index < -0.39 is 0 Å². The maximum atomic E-state index is 13.8. The second-order valence-electron chi connectivity index (χ2n) is 4.53. The number of benzene rings is 2. The Hall–Kier alpha value is -1.83. The van der Waals surface area contributed by atoms with Crippen LogP contribution in [-0.2, 0) is 0 Å². The molecule has 0 aromatic heterocycles. The summed E-state index contributed by atoms with van der Waals surface area (Å²) in [5, 5.41) is 0. The summed E-state index contributed by atoms with van der Waals surface area (Å²) in [6, 6.07) is 14.4. The standard InChI is InChI=1S/C17H19FO/c1-2-3-8-13-19-17-12-7-5-10-15(17)14-9-4-6-11-16(14)18/h4-7,9-12H,2-3,8,13H2,1H3. The molecule has 100 valence electrons. The Morgan fingerprint density at radius 3 is 2.32 bits per heavy atom. The Morgan fingerprint density at radius 2 is 1.58 bits per heavy atom. The topological polar surface area (TPSA) is 9.23 Å². The van der Waals surface area contributed by atoms with Gasteiger partial charge in [-0.2, -0.15) is 0 Å². The number of halogens is 1. The molecule has 0 unspecified atom stereocenters. The van der Waals surface area contributed by atoms with Crippen LogP contribution in [0, 0.1) is 5.82 Å². The fraction of sp³-hybridized carbons (Fsp3) is 0.294. The van der Waals surface area contributed by atoms with Crippen LogP contribution in [0.5, 0.6) is 5.75 Å². The minimum atomic E-state index is -0.216. The fourth-order valence-corrected chi connectivity index (χ4v) is 2.03. The summed E-state index contributed by atoms with van der Waals surface area (Å²) in [7, 11) is 0. The maximum Gasteiger partial charge on any atom is 0.131 e. The van der Waals surface area contributed by atoms with E-state index in [1.165, 1.54) is 12.5 Å². The first-order valence-electron chi connectivity index (χ1n) is 6.79. The van der Waals surface area contributed by atoms with Gasteiger partial charge < -0.3 is 4.74 Å². The van der Waals surface area contributed by atoms with Crippen LogP contribution in [0.15, 0.2) is 48.5 Å². The summed E-state index contributed by atoms with van der Waals surface area (Å²) >= 11 is 0. The molecule has 0 saturated carbocycles. The lowest BCUT2D eigenvalue weighted by atomic mass is 10.0. The predicted octanol–water partition coefficient (Wildman–Crippen LogP) is 5.06. The SMILES string of the molecule is CCCCCOc1ccccc1-c1ccccc1F. The molecule has 0 aliphatic rings.